The van der Waals surface area contributed by atoms with Gasteiger partial charge < -0.3 is 10.7 Å². The number of aromatic nitrogens is 1. The van der Waals surface area contributed by atoms with Crippen molar-refractivity contribution in [1.29, 1.82) is 0 Å². The SMILES string of the molecule is NC1CCCCCC1Sc1cc2ccccc2[nH]1. The summed E-state index contributed by atoms with van der Waals surface area (Å²) in [5.74, 6) is 0. The van der Waals surface area contributed by atoms with Gasteiger partial charge in [0.25, 0.3) is 0 Å². The third kappa shape index (κ3) is 2.57. The van der Waals surface area contributed by atoms with Crippen LogP contribution in [0.1, 0.15) is 32.1 Å². The van der Waals surface area contributed by atoms with E-state index in [1.807, 2.05) is 11.8 Å². The molecule has 0 bridgehead atoms. The average Bonchev–Trinajstić information content (AvgIpc) is 2.68. The Morgan fingerprint density at radius 3 is 2.83 bits per heavy atom. The second kappa shape index (κ2) is 5.37. The van der Waals surface area contributed by atoms with Crippen LogP contribution in [0.4, 0.5) is 0 Å². The Balaban J connectivity index is 1.78. The summed E-state index contributed by atoms with van der Waals surface area (Å²) in [6, 6.07) is 11.0. The number of hydrogen-bond acceptors (Lipinski definition) is 2. The number of benzene rings is 1. The standard InChI is InChI=1S/C15H20N2S/c16-12-7-2-1-3-9-14(12)18-15-10-11-6-4-5-8-13(11)17-15/h4-6,8,10,12,14,17H,1-3,7,9,16H2. The highest BCUT2D eigenvalue weighted by Gasteiger charge is 2.21. The zero-order valence-electron chi connectivity index (χ0n) is 10.6. The highest BCUT2D eigenvalue weighted by atomic mass is 32.2. The first-order valence-electron chi connectivity index (χ1n) is 6.83. The highest BCUT2D eigenvalue weighted by molar-refractivity contribution is 7.99. The van der Waals surface area contributed by atoms with Gasteiger partial charge in [-0.25, -0.2) is 0 Å². The van der Waals surface area contributed by atoms with Gasteiger partial charge in [0.1, 0.15) is 0 Å². The lowest BCUT2D eigenvalue weighted by Gasteiger charge is -2.19. The van der Waals surface area contributed by atoms with Crippen molar-refractivity contribution >= 4 is 22.7 Å². The van der Waals surface area contributed by atoms with E-state index in [0.29, 0.717) is 11.3 Å². The van der Waals surface area contributed by atoms with E-state index in [4.69, 9.17) is 5.73 Å². The lowest BCUT2D eigenvalue weighted by Crippen LogP contribution is -2.31. The molecule has 1 saturated carbocycles. The summed E-state index contributed by atoms with van der Waals surface area (Å²) in [7, 11) is 0. The molecule has 3 rings (SSSR count). The number of nitrogens with two attached hydrogens (primary N) is 1. The molecule has 0 aliphatic heterocycles. The van der Waals surface area contributed by atoms with E-state index in [1.165, 1.54) is 48.0 Å². The van der Waals surface area contributed by atoms with Crippen LogP contribution in [0.15, 0.2) is 35.4 Å². The lowest BCUT2D eigenvalue weighted by molar-refractivity contribution is 0.596. The summed E-state index contributed by atoms with van der Waals surface area (Å²) < 4.78 is 0. The number of rotatable bonds is 2. The van der Waals surface area contributed by atoms with Crippen LogP contribution in [0.5, 0.6) is 0 Å². The van der Waals surface area contributed by atoms with Crippen LogP contribution in [0.2, 0.25) is 0 Å². The Hall–Kier alpha value is -0.930. The van der Waals surface area contributed by atoms with Gasteiger partial charge in [-0.05, 0) is 25.0 Å². The molecule has 1 aliphatic rings. The normalized spacial score (nSPS) is 25.2. The molecule has 0 spiro atoms. The minimum absolute atomic E-state index is 0.351. The molecule has 0 saturated heterocycles. The molecule has 1 heterocycles. The van der Waals surface area contributed by atoms with E-state index in [-0.39, 0.29) is 0 Å². The predicted molar refractivity (Wildman–Crippen MR) is 79.0 cm³/mol. The molecule has 2 unspecified atom stereocenters. The molecular weight excluding hydrogens is 240 g/mol. The Labute approximate surface area is 112 Å². The van der Waals surface area contributed by atoms with Crippen LogP contribution in [0.3, 0.4) is 0 Å². The van der Waals surface area contributed by atoms with Crippen LogP contribution in [-0.2, 0) is 0 Å². The minimum Gasteiger partial charge on any atom is -0.350 e. The van der Waals surface area contributed by atoms with Crippen molar-refractivity contribution < 1.29 is 0 Å². The maximum atomic E-state index is 6.29. The summed E-state index contributed by atoms with van der Waals surface area (Å²) in [6.07, 6.45) is 6.40. The molecule has 96 valence electrons. The fourth-order valence-corrected chi connectivity index (χ4v) is 4.01. The fourth-order valence-electron chi connectivity index (χ4n) is 2.72. The van der Waals surface area contributed by atoms with Crippen molar-refractivity contribution in [3.05, 3.63) is 30.3 Å². The molecule has 1 aromatic heterocycles. The van der Waals surface area contributed by atoms with Gasteiger partial charge in [-0.3, -0.25) is 0 Å². The third-order valence-electron chi connectivity index (χ3n) is 3.79. The number of aromatic amines is 1. The highest BCUT2D eigenvalue weighted by Crippen LogP contribution is 2.33. The molecule has 3 heteroatoms. The Bertz CT molecular complexity index is 487. The molecule has 1 fully saturated rings. The monoisotopic (exact) mass is 260 g/mol. The van der Waals surface area contributed by atoms with Gasteiger partial charge in [0, 0.05) is 22.2 Å². The first-order chi connectivity index (χ1) is 8.83. The van der Waals surface area contributed by atoms with Gasteiger partial charge in [-0.1, -0.05) is 37.5 Å². The maximum Gasteiger partial charge on any atom is 0.0735 e. The van der Waals surface area contributed by atoms with E-state index in [2.05, 4.69) is 35.3 Å². The molecule has 1 aromatic carbocycles. The summed E-state index contributed by atoms with van der Waals surface area (Å²) in [6.45, 7) is 0. The van der Waals surface area contributed by atoms with Crippen molar-refractivity contribution in [3.8, 4) is 0 Å². The van der Waals surface area contributed by atoms with Crippen LogP contribution in [0.25, 0.3) is 10.9 Å². The van der Waals surface area contributed by atoms with Crippen molar-refractivity contribution in [2.45, 2.75) is 48.4 Å². The van der Waals surface area contributed by atoms with E-state index in [9.17, 15) is 0 Å². The summed E-state index contributed by atoms with van der Waals surface area (Å²) in [4.78, 5) is 3.49. The topological polar surface area (TPSA) is 41.8 Å². The van der Waals surface area contributed by atoms with E-state index < -0.39 is 0 Å². The molecule has 2 atom stereocenters. The first-order valence-corrected chi connectivity index (χ1v) is 7.71. The van der Waals surface area contributed by atoms with E-state index in [1.54, 1.807) is 0 Å². The summed E-state index contributed by atoms with van der Waals surface area (Å²) >= 11 is 1.93. The second-order valence-corrected chi connectivity index (χ2v) is 6.46. The Kier molecular flexibility index (Phi) is 3.62. The Morgan fingerprint density at radius 1 is 1.11 bits per heavy atom. The molecule has 2 nitrogen and oxygen atoms in total. The lowest BCUT2D eigenvalue weighted by atomic mass is 10.1. The molecular formula is C15H20N2S. The predicted octanol–water partition coefficient (Wildman–Crippen LogP) is 3.92. The van der Waals surface area contributed by atoms with Crippen LogP contribution in [0, 0.1) is 0 Å². The number of para-hydroxylation sites is 1. The molecule has 18 heavy (non-hydrogen) atoms. The number of fused-ring (bicyclic) bond motifs is 1. The third-order valence-corrected chi connectivity index (χ3v) is 5.15. The second-order valence-electron chi connectivity index (χ2n) is 5.18. The van der Waals surface area contributed by atoms with Gasteiger partial charge in [0.05, 0.1) is 5.03 Å². The number of thioether (sulfide) groups is 1. The maximum absolute atomic E-state index is 6.29. The minimum atomic E-state index is 0.351. The van der Waals surface area contributed by atoms with Gasteiger partial charge in [0.2, 0.25) is 0 Å². The van der Waals surface area contributed by atoms with Gasteiger partial charge >= 0.3 is 0 Å². The van der Waals surface area contributed by atoms with Gasteiger partial charge in [-0.2, -0.15) is 0 Å². The molecule has 0 radical (unpaired) electrons. The summed E-state index contributed by atoms with van der Waals surface area (Å²) in [5.41, 5.74) is 7.51. The van der Waals surface area contributed by atoms with E-state index >= 15 is 0 Å². The zero-order valence-corrected chi connectivity index (χ0v) is 11.4. The van der Waals surface area contributed by atoms with Gasteiger partial charge in [0.15, 0.2) is 0 Å². The van der Waals surface area contributed by atoms with Crippen LogP contribution < -0.4 is 5.73 Å². The van der Waals surface area contributed by atoms with Crippen molar-refractivity contribution in [3.63, 3.8) is 0 Å². The molecule has 2 aromatic rings. The largest absolute Gasteiger partial charge is 0.350 e. The fraction of sp³-hybridized carbons (Fsp3) is 0.467. The van der Waals surface area contributed by atoms with Crippen molar-refractivity contribution in [2.75, 3.05) is 0 Å². The number of nitrogens with one attached hydrogen (secondary N) is 1. The van der Waals surface area contributed by atoms with Crippen molar-refractivity contribution in [1.82, 2.24) is 4.98 Å². The molecule has 0 amide bonds. The van der Waals surface area contributed by atoms with Crippen LogP contribution in [-0.4, -0.2) is 16.3 Å². The quantitative estimate of drug-likeness (QED) is 0.804. The smallest absolute Gasteiger partial charge is 0.0735 e. The molecule has 3 N–H and O–H groups in total. The summed E-state index contributed by atoms with van der Waals surface area (Å²) in [5, 5.41) is 3.13. The molecule has 1 aliphatic carbocycles. The van der Waals surface area contributed by atoms with Gasteiger partial charge in [-0.15, -0.1) is 11.8 Å². The Morgan fingerprint density at radius 2 is 1.94 bits per heavy atom. The van der Waals surface area contributed by atoms with Crippen molar-refractivity contribution in [2.24, 2.45) is 5.73 Å². The van der Waals surface area contributed by atoms with Crippen LogP contribution >= 0.6 is 11.8 Å². The zero-order chi connectivity index (χ0) is 12.4. The number of H-pyrrole nitrogens is 1. The first kappa shape index (κ1) is 12.1. The average molecular weight is 260 g/mol. The number of hydrogen-bond donors (Lipinski definition) is 2. The van der Waals surface area contributed by atoms with E-state index in [0.717, 1.165) is 0 Å².